The molecule has 1 N–H and O–H groups in total. The van der Waals surface area contributed by atoms with E-state index in [1.807, 2.05) is 4.90 Å². The number of carbonyl (C=O) groups excluding carboxylic acids is 1. The molecule has 1 amide bonds. The summed E-state index contributed by atoms with van der Waals surface area (Å²) in [4.78, 5) is 15.8. The third-order valence-electron chi connectivity index (χ3n) is 2.92. The summed E-state index contributed by atoms with van der Waals surface area (Å²) in [6.07, 6.45) is 0. The van der Waals surface area contributed by atoms with Gasteiger partial charge in [0.2, 0.25) is 5.91 Å². The van der Waals surface area contributed by atoms with Crippen molar-refractivity contribution in [1.29, 1.82) is 0 Å². The van der Waals surface area contributed by atoms with E-state index in [0.717, 1.165) is 13.1 Å². The van der Waals surface area contributed by atoms with Crippen molar-refractivity contribution in [3.05, 3.63) is 0 Å². The molecule has 14 heavy (non-hydrogen) atoms. The summed E-state index contributed by atoms with van der Waals surface area (Å²) in [7, 11) is 5.96. The van der Waals surface area contributed by atoms with Gasteiger partial charge in [-0.3, -0.25) is 4.79 Å². The second kappa shape index (κ2) is 4.75. The molecule has 0 bridgehead atoms. The van der Waals surface area contributed by atoms with Gasteiger partial charge in [0.15, 0.2) is 0 Å². The molecule has 1 fully saturated rings. The Morgan fingerprint density at radius 1 is 1.50 bits per heavy atom. The molecule has 2 atom stereocenters. The Labute approximate surface area is 86.2 Å². The van der Waals surface area contributed by atoms with Crippen LogP contribution in [0.1, 0.15) is 6.92 Å². The predicted octanol–water partition coefficient (Wildman–Crippen LogP) is -0.386. The average Bonchev–Trinajstić information content (AvgIpc) is 2.48. The van der Waals surface area contributed by atoms with E-state index >= 15 is 0 Å². The lowest BCUT2D eigenvalue weighted by atomic mass is 10.1. The quantitative estimate of drug-likeness (QED) is 0.673. The molecule has 0 aromatic rings. The highest BCUT2D eigenvalue weighted by molar-refractivity contribution is 5.78. The molecule has 82 valence electrons. The summed E-state index contributed by atoms with van der Waals surface area (Å²) < 4.78 is 0. The monoisotopic (exact) mass is 199 g/mol. The highest BCUT2D eigenvalue weighted by Crippen LogP contribution is 2.19. The number of amides is 1. The average molecular weight is 199 g/mol. The van der Waals surface area contributed by atoms with E-state index in [-0.39, 0.29) is 5.91 Å². The van der Waals surface area contributed by atoms with E-state index < -0.39 is 0 Å². The number of nitrogens with one attached hydrogen (secondary N) is 1. The van der Waals surface area contributed by atoms with Crippen molar-refractivity contribution in [2.24, 2.45) is 5.92 Å². The summed E-state index contributed by atoms with van der Waals surface area (Å²) in [5, 5.41) is 2.90. The fraction of sp³-hybridized carbons (Fsp3) is 0.900. The van der Waals surface area contributed by atoms with Crippen LogP contribution in [0.3, 0.4) is 0 Å². The maximum absolute atomic E-state index is 11.6. The number of hydrogen-bond acceptors (Lipinski definition) is 3. The van der Waals surface area contributed by atoms with E-state index in [1.54, 1.807) is 7.05 Å². The zero-order chi connectivity index (χ0) is 10.7. The number of likely N-dealkylation sites (tertiary alicyclic amines) is 1. The Kier molecular flexibility index (Phi) is 3.89. The van der Waals surface area contributed by atoms with Crippen molar-refractivity contribution in [1.82, 2.24) is 15.1 Å². The first-order chi connectivity index (χ1) is 6.56. The fourth-order valence-electron chi connectivity index (χ4n) is 2.09. The van der Waals surface area contributed by atoms with Gasteiger partial charge in [-0.05, 0) is 27.1 Å². The molecule has 0 saturated carbocycles. The van der Waals surface area contributed by atoms with Gasteiger partial charge in [0.1, 0.15) is 0 Å². The van der Waals surface area contributed by atoms with Crippen molar-refractivity contribution in [3.63, 3.8) is 0 Å². The molecule has 0 aliphatic carbocycles. The van der Waals surface area contributed by atoms with Crippen molar-refractivity contribution in [3.8, 4) is 0 Å². The Balaban J connectivity index is 2.50. The molecule has 0 aromatic carbocycles. The first kappa shape index (κ1) is 11.5. The predicted molar refractivity (Wildman–Crippen MR) is 57.1 cm³/mol. The first-order valence-corrected chi connectivity index (χ1v) is 5.15. The Hall–Kier alpha value is -0.610. The van der Waals surface area contributed by atoms with Gasteiger partial charge < -0.3 is 15.1 Å². The summed E-state index contributed by atoms with van der Waals surface area (Å²) in [6.45, 7) is 4.42. The second-order valence-electron chi connectivity index (χ2n) is 4.34. The Bertz CT molecular complexity index is 206. The molecule has 0 aromatic heterocycles. The topological polar surface area (TPSA) is 35.6 Å². The molecule has 1 heterocycles. The zero-order valence-electron chi connectivity index (χ0n) is 9.58. The molecule has 4 nitrogen and oxygen atoms in total. The molecule has 1 rings (SSSR count). The number of carbonyl (C=O) groups is 1. The Morgan fingerprint density at radius 3 is 2.57 bits per heavy atom. The van der Waals surface area contributed by atoms with E-state index in [9.17, 15) is 4.79 Å². The minimum atomic E-state index is 0.212. The van der Waals surface area contributed by atoms with Crippen LogP contribution in [-0.4, -0.2) is 62.5 Å². The molecule has 4 heteroatoms. The molecule has 1 aliphatic rings. The summed E-state index contributed by atoms with van der Waals surface area (Å²) >= 11 is 0. The van der Waals surface area contributed by atoms with Crippen molar-refractivity contribution >= 4 is 5.91 Å². The maximum Gasteiger partial charge on any atom is 0.236 e. The highest BCUT2D eigenvalue weighted by atomic mass is 16.2. The fourth-order valence-corrected chi connectivity index (χ4v) is 2.09. The van der Waals surface area contributed by atoms with Crippen LogP contribution >= 0.6 is 0 Å². The van der Waals surface area contributed by atoms with Crippen LogP contribution in [-0.2, 0) is 4.79 Å². The van der Waals surface area contributed by atoms with Gasteiger partial charge in [-0.15, -0.1) is 0 Å². The van der Waals surface area contributed by atoms with Crippen LogP contribution < -0.4 is 5.32 Å². The van der Waals surface area contributed by atoms with Crippen LogP contribution in [0.25, 0.3) is 0 Å². The minimum absolute atomic E-state index is 0.212. The zero-order valence-corrected chi connectivity index (χ0v) is 9.58. The molecule has 2 unspecified atom stereocenters. The second-order valence-corrected chi connectivity index (χ2v) is 4.34. The van der Waals surface area contributed by atoms with Crippen LogP contribution in [0, 0.1) is 5.92 Å². The SMILES string of the molecule is CNCC(=O)N1CC(C)C(N(C)C)C1. The molecular weight excluding hydrogens is 178 g/mol. The van der Waals surface area contributed by atoms with Gasteiger partial charge in [-0.2, -0.15) is 0 Å². The van der Waals surface area contributed by atoms with Crippen molar-refractivity contribution in [2.45, 2.75) is 13.0 Å². The highest BCUT2D eigenvalue weighted by Gasteiger charge is 2.32. The number of hydrogen-bond donors (Lipinski definition) is 1. The van der Waals surface area contributed by atoms with Gasteiger partial charge in [0.25, 0.3) is 0 Å². The van der Waals surface area contributed by atoms with E-state index in [2.05, 4.69) is 31.2 Å². The minimum Gasteiger partial charge on any atom is -0.340 e. The maximum atomic E-state index is 11.6. The molecule has 1 saturated heterocycles. The molecule has 1 aliphatic heterocycles. The lowest BCUT2D eigenvalue weighted by Crippen LogP contribution is -2.38. The first-order valence-electron chi connectivity index (χ1n) is 5.15. The number of rotatable bonds is 3. The molecular formula is C10H21N3O. The largest absolute Gasteiger partial charge is 0.340 e. The van der Waals surface area contributed by atoms with E-state index in [1.165, 1.54) is 0 Å². The van der Waals surface area contributed by atoms with Gasteiger partial charge >= 0.3 is 0 Å². The third-order valence-corrected chi connectivity index (χ3v) is 2.92. The van der Waals surface area contributed by atoms with Crippen LogP contribution in [0.4, 0.5) is 0 Å². The Morgan fingerprint density at radius 2 is 2.14 bits per heavy atom. The molecule has 0 radical (unpaired) electrons. The van der Waals surface area contributed by atoms with E-state index in [0.29, 0.717) is 18.5 Å². The molecule has 0 spiro atoms. The summed E-state index contributed by atoms with van der Waals surface area (Å²) in [5.74, 6) is 0.787. The third kappa shape index (κ3) is 2.45. The summed E-state index contributed by atoms with van der Waals surface area (Å²) in [6, 6.07) is 0.510. The standard InChI is InChI=1S/C10H21N3O/c1-8-6-13(10(14)5-11-2)7-9(8)12(3)4/h8-9,11H,5-7H2,1-4H3. The van der Waals surface area contributed by atoms with Crippen molar-refractivity contribution < 1.29 is 4.79 Å². The van der Waals surface area contributed by atoms with E-state index in [4.69, 9.17) is 0 Å². The summed E-state index contributed by atoms with van der Waals surface area (Å²) in [5.41, 5.74) is 0. The van der Waals surface area contributed by atoms with Crippen LogP contribution in [0.5, 0.6) is 0 Å². The smallest absolute Gasteiger partial charge is 0.236 e. The van der Waals surface area contributed by atoms with Crippen molar-refractivity contribution in [2.75, 3.05) is 40.8 Å². The van der Waals surface area contributed by atoms with Gasteiger partial charge in [-0.1, -0.05) is 6.92 Å². The number of likely N-dealkylation sites (N-methyl/N-ethyl adjacent to an activating group) is 2. The lowest BCUT2D eigenvalue weighted by molar-refractivity contribution is -0.129. The van der Waals surface area contributed by atoms with Gasteiger partial charge in [-0.25, -0.2) is 0 Å². The number of nitrogens with zero attached hydrogens (tertiary/aromatic N) is 2. The van der Waals surface area contributed by atoms with Crippen LogP contribution in [0.2, 0.25) is 0 Å². The van der Waals surface area contributed by atoms with Gasteiger partial charge in [0, 0.05) is 19.1 Å². The normalized spacial score (nSPS) is 27.4. The van der Waals surface area contributed by atoms with Gasteiger partial charge in [0.05, 0.1) is 6.54 Å². The van der Waals surface area contributed by atoms with Crippen LogP contribution in [0.15, 0.2) is 0 Å². The lowest BCUT2D eigenvalue weighted by Gasteiger charge is -2.22.